The summed E-state index contributed by atoms with van der Waals surface area (Å²) in [5.74, 6) is -0.154. The summed E-state index contributed by atoms with van der Waals surface area (Å²) in [7, 11) is 5.32. The molecular weight excluding hydrogens is 380 g/mol. The molecule has 0 saturated heterocycles. The minimum absolute atomic E-state index is 0. The fraction of sp³-hybridized carbons (Fsp3) is 0.333. The lowest BCUT2D eigenvalue weighted by Gasteiger charge is -2.21. The first-order valence-electron chi connectivity index (χ1n) is 8.90. The zero-order valence-corrected chi connectivity index (χ0v) is 17.0. The van der Waals surface area contributed by atoms with Crippen molar-refractivity contribution >= 4 is 35.7 Å². The van der Waals surface area contributed by atoms with Gasteiger partial charge in [-0.25, -0.2) is 0 Å². The van der Waals surface area contributed by atoms with Crippen LogP contribution in [0.2, 0.25) is 0 Å². The predicted molar refractivity (Wildman–Crippen MR) is 112 cm³/mol. The summed E-state index contributed by atoms with van der Waals surface area (Å²) in [6.07, 6.45) is 0.609. The molecule has 1 atom stereocenters. The van der Waals surface area contributed by atoms with Crippen molar-refractivity contribution in [2.24, 2.45) is 0 Å². The largest absolute Gasteiger partial charge is 0.497 e. The number of methoxy groups -OCH3 is 1. The van der Waals surface area contributed by atoms with Crippen LogP contribution in [0.3, 0.4) is 0 Å². The second kappa shape index (κ2) is 8.97. The van der Waals surface area contributed by atoms with Gasteiger partial charge >= 0.3 is 5.97 Å². The molecule has 0 fully saturated rings. The second-order valence-electron chi connectivity index (χ2n) is 6.81. The quantitative estimate of drug-likeness (QED) is 0.793. The van der Waals surface area contributed by atoms with Gasteiger partial charge < -0.3 is 19.6 Å². The molecule has 2 aromatic rings. The molecule has 1 amide bonds. The first kappa shape index (κ1) is 21.6. The van der Waals surface area contributed by atoms with Crippen molar-refractivity contribution in [3.63, 3.8) is 0 Å². The fourth-order valence-electron chi connectivity index (χ4n) is 3.66. The van der Waals surface area contributed by atoms with Gasteiger partial charge in [-0.3, -0.25) is 9.59 Å². The second-order valence-corrected chi connectivity index (χ2v) is 6.81. The number of hydrogen-bond donors (Lipinski definition) is 1. The molecule has 150 valence electrons. The van der Waals surface area contributed by atoms with Crippen molar-refractivity contribution in [2.75, 3.05) is 37.5 Å². The Morgan fingerprint density at radius 1 is 1.21 bits per heavy atom. The monoisotopic (exact) mass is 404 g/mol. The van der Waals surface area contributed by atoms with Gasteiger partial charge in [-0.15, -0.1) is 12.4 Å². The first-order valence-corrected chi connectivity index (χ1v) is 8.90. The van der Waals surface area contributed by atoms with E-state index in [2.05, 4.69) is 4.90 Å². The summed E-state index contributed by atoms with van der Waals surface area (Å²) in [6.45, 7) is 0.721. The minimum Gasteiger partial charge on any atom is -0.497 e. The third kappa shape index (κ3) is 4.22. The van der Waals surface area contributed by atoms with E-state index in [4.69, 9.17) is 9.84 Å². The average Bonchev–Trinajstić information content (AvgIpc) is 3.01. The summed E-state index contributed by atoms with van der Waals surface area (Å²) in [5.41, 5.74) is 3.35. The van der Waals surface area contributed by atoms with Crippen LogP contribution in [0.5, 0.6) is 5.75 Å². The van der Waals surface area contributed by atoms with Crippen LogP contribution in [0.1, 0.15) is 34.7 Å². The maximum atomic E-state index is 13.2. The van der Waals surface area contributed by atoms with Crippen LogP contribution in [0, 0.1) is 0 Å². The average molecular weight is 405 g/mol. The molecule has 1 N–H and O–H groups in total. The topological polar surface area (TPSA) is 70.1 Å². The highest BCUT2D eigenvalue weighted by Crippen LogP contribution is 2.40. The van der Waals surface area contributed by atoms with Crippen LogP contribution in [0.15, 0.2) is 42.5 Å². The van der Waals surface area contributed by atoms with E-state index in [1.165, 1.54) is 0 Å². The smallest absolute Gasteiger partial charge is 0.303 e. The molecule has 0 aliphatic carbocycles. The number of nitrogens with zero attached hydrogens (tertiary/aromatic N) is 2. The van der Waals surface area contributed by atoms with E-state index >= 15 is 0 Å². The lowest BCUT2D eigenvalue weighted by atomic mass is 9.91. The van der Waals surface area contributed by atoms with Crippen LogP contribution in [0.4, 0.5) is 11.4 Å². The number of carbonyl (C=O) groups is 2. The number of anilines is 2. The van der Waals surface area contributed by atoms with Gasteiger partial charge in [-0.1, -0.05) is 6.07 Å². The summed E-state index contributed by atoms with van der Waals surface area (Å²) in [4.78, 5) is 27.9. The van der Waals surface area contributed by atoms with Gasteiger partial charge in [0.15, 0.2) is 0 Å². The summed E-state index contributed by atoms with van der Waals surface area (Å²) in [5, 5.41) is 9.05. The van der Waals surface area contributed by atoms with E-state index in [9.17, 15) is 9.59 Å². The van der Waals surface area contributed by atoms with Crippen LogP contribution in [-0.2, 0) is 4.79 Å². The van der Waals surface area contributed by atoms with Crippen molar-refractivity contribution in [2.45, 2.75) is 18.8 Å². The van der Waals surface area contributed by atoms with E-state index < -0.39 is 5.97 Å². The molecule has 1 heterocycles. The highest BCUT2D eigenvalue weighted by atomic mass is 35.5. The molecule has 1 unspecified atom stereocenters. The van der Waals surface area contributed by atoms with Crippen LogP contribution >= 0.6 is 12.4 Å². The number of carboxylic acids is 1. The van der Waals surface area contributed by atoms with Crippen molar-refractivity contribution in [3.05, 3.63) is 53.6 Å². The Morgan fingerprint density at radius 3 is 2.50 bits per heavy atom. The number of fused-ring (bicyclic) bond motifs is 1. The molecule has 2 aromatic carbocycles. The lowest BCUT2D eigenvalue weighted by molar-refractivity contribution is -0.137. The third-order valence-electron chi connectivity index (χ3n) is 5.10. The Morgan fingerprint density at radius 2 is 1.89 bits per heavy atom. The number of carboxylic acid groups (broad SMARTS) is 1. The molecule has 0 saturated carbocycles. The van der Waals surface area contributed by atoms with Crippen LogP contribution < -0.4 is 14.5 Å². The highest BCUT2D eigenvalue weighted by Gasteiger charge is 2.32. The number of rotatable bonds is 6. The van der Waals surface area contributed by atoms with Crippen LogP contribution in [0.25, 0.3) is 0 Å². The van der Waals surface area contributed by atoms with Gasteiger partial charge in [-0.05, 0) is 48.4 Å². The van der Waals surface area contributed by atoms with Crippen molar-refractivity contribution < 1.29 is 19.4 Å². The standard InChI is InChI=1S/C21H24N2O4.ClH/c1-22-13-14(7-12-19(24)25)20-17(5-4-6-18(20)22)21(26)23(2)15-8-10-16(27-3)11-9-15;/h4-6,8-11,14H,7,12-13H2,1-3H3,(H,24,25);1H. The lowest BCUT2D eigenvalue weighted by Crippen LogP contribution is -2.27. The van der Waals surface area contributed by atoms with Crippen molar-refractivity contribution in [3.8, 4) is 5.75 Å². The van der Waals surface area contributed by atoms with Gasteiger partial charge in [0, 0.05) is 49.9 Å². The molecule has 0 bridgehead atoms. The Labute approximate surface area is 171 Å². The normalized spacial score (nSPS) is 14.8. The molecule has 7 heteroatoms. The summed E-state index contributed by atoms with van der Waals surface area (Å²) in [6, 6.07) is 13.0. The van der Waals surface area contributed by atoms with Gasteiger partial charge in [0.2, 0.25) is 0 Å². The zero-order valence-electron chi connectivity index (χ0n) is 16.2. The molecular formula is C21H25ClN2O4. The minimum atomic E-state index is -0.815. The molecule has 3 rings (SSSR count). The van der Waals surface area contributed by atoms with Crippen LogP contribution in [-0.4, -0.2) is 44.7 Å². The number of amides is 1. The molecule has 0 radical (unpaired) electrons. The van der Waals surface area contributed by atoms with Crippen molar-refractivity contribution in [1.29, 1.82) is 0 Å². The molecule has 0 spiro atoms. The molecule has 28 heavy (non-hydrogen) atoms. The highest BCUT2D eigenvalue weighted by molar-refractivity contribution is 6.08. The summed E-state index contributed by atoms with van der Waals surface area (Å²) < 4.78 is 5.17. The fourth-order valence-corrected chi connectivity index (χ4v) is 3.66. The van der Waals surface area contributed by atoms with E-state index in [0.717, 1.165) is 29.2 Å². The number of halogens is 1. The molecule has 0 aromatic heterocycles. The SMILES string of the molecule is COc1ccc(N(C)C(=O)c2cccc3c2C(CCC(=O)O)CN3C)cc1.Cl. The van der Waals surface area contributed by atoms with E-state index in [1.807, 2.05) is 49.5 Å². The van der Waals surface area contributed by atoms with Gasteiger partial charge in [0.1, 0.15) is 5.75 Å². The number of hydrogen-bond acceptors (Lipinski definition) is 4. The number of ether oxygens (including phenoxy) is 1. The zero-order chi connectivity index (χ0) is 19.6. The molecule has 1 aliphatic heterocycles. The Balaban J connectivity index is 0.00000280. The van der Waals surface area contributed by atoms with E-state index in [0.29, 0.717) is 12.0 Å². The Hall–Kier alpha value is -2.73. The van der Waals surface area contributed by atoms with Gasteiger partial charge in [0.05, 0.1) is 7.11 Å². The van der Waals surface area contributed by atoms with E-state index in [1.54, 1.807) is 19.1 Å². The predicted octanol–water partition coefficient (Wildman–Crippen LogP) is 3.79. The van der Waals surface area contributed by atoms with Gasteiger partial charge in [-0.2, -0.15) is 0 Å². The maximum Gasteiger partial charge on any atom is 0.303 e. The maximum absolute atomic E-state index is 13.2. The number of aliphatic carboxylic acids is 1. The summed E-state index contributed by atoms with van der Waals surface area (Å²) >= 11 is 0. The van der Waals surface area contributed by atoms with Gasteiger partial charge in [0.25, 0.3) is 5.91 Å². The molecule has 6 nitrogen and oxygen atoms in total. The number of carbonyl (C=O) groups excluding carboxylic acids is 1. The van der Waals surface area contributed by atoms with Crippen molar-refractivity contribution in [1.82, 2.24) is 0 Å². The Bertz CT molecular complexity index is 854. The number of likely N-dealkylation sites (N-methyl/N-ethyl adjacent to an activating group) is 1. The van der Waals surface area contributed by atoms with E-state index in [-0.39, 0.29) is 30.7 Å². The number of benzene rings is 2. The first-order chi connectivity index (χ1) is 12.9. The third-order valence-corrected chi connectivity index (χ3v) is 5.10. The Kier molecular flexibility index (Phi) is 6.91. The molecule has 1 aliphatic rings.